The van der Waals surface area contributed by atoms with Gasteiger partial charge in [-0.15, -0.1) is 4.48 Å². The zero-order valence-corrected chi connectivity index (χ0v) is 5.81. The van der Waals surface area contributed by atoms with E-state index in [4.69, 9.17) is 0 Å². The fourth-order valence-electron chi connectivity index (χ4n) is 0.730. The van der Waals surface area contributed by atoms with E-state index in [-0.39, 0.29) is 5.12 Å². The van der Waals surface area contributed by atoms with Gasteiger partial charge in [-0.25, -0.2) is 13.9 Å². The van der Waals surface area contributed by atoms with Crippen molar-refractivity contribution in [2.24, 2.45) is 0 Å². The van der Waals surface area contributed by atoms with Crippen LogP contribution in [0.5, 0.6) is 0 Å². The minimum absolute atomic E-state index is 0.0262. The molecule has 1 rings (SSSR count). The number of hydrogen-bond donors (Lipinski definition) is 0. The summed E-state index contributed by atoms with van der Waals surface area (Å²) in [5, 5.41) is 0.0262. The van der Waals surface area contributed by atoms with Crippen LogP contribution in [0.3, 0.4) is 0 Å². The molecule has 0 N–H and O–H groups in total. The van der Waals surface area contributed by atoms with Crippen LogP contribution in [0.2, 0.25) is 0 Å². The summed E-state index contributed by atoms with van der Waals surface area (Å²) in [6.45, 7) is 0. The van der Waals surface area contributed by atoms with Gasteiger partial charge in [0.1, 0.15) is 5.69 Å². The highest BCUT2D eigenvalue weighted by molar-refractivity contribution is 5.44. The Bertz CT molecular complexity index is 260. The maximum absolute atomic E-state index is 12.6. The standard InChI is InChI=1S/C7H6F3N/c1-11(10)6-4-2-3-5(8)7(6)9/h2-4H,1H3. The Kier molecular flexibility index (Phi) is 2.03. The highest BCUT2D eigenvalue weighted by Crippen LogP contribution is 2.19. The van der Waals surface area contributed by atoms with Crippen molar-refractivity contribution in [2.45, 2.75) is 0 Å². The van der Waals surface area contributed by atoms with E-state index in [9.17, 15) is 13.3 Å². The van der Waals surface area contributed by atoms with Crippen LogP contribution >= 0.6 is 0 Å². The predicted octanol–water partition coefficient (Wildman–Crippen LogP) is 2.29. The summed E-state index contributed by atoms with van der Waals surface area (Å²) in [6.07, 6.45) is 0. The first-order valence-corrected chi connectivity index (χ1v) is 2.96. The summed E-state index contributed by atoms with van der Waals surface area (Å²) in [5.41, 5.74) is -0.398. The van der Waals surface area contributed by atoms with Gasteiger partial charge in [-0.05, 0) is 12.1 Å². The fraction of sp³-hybridized carbons (Fsp3) is 0.143. The molecule has 0 saturated heterocycles. The van der Waals surface area contributed by atoms with Crippen molar-refractivity contribution < 1.29 is 13.3 Å². The molecule has 0 saturated carbocycles. The largest absolute Gasteiger partial charge is 0.212 e. The zero-order chi connectivity index (χ0) is 8.43. The summed E-state index contributed by atoms with van der Waals surface area (Å²) in [5.74, 6) is -2.22. The van der Waals surface area contributed by atoms with Gasteiger partial charge in [0.05, 0.1) is 0 Å². The van der Waals surface area contributed by atoms with Gasteiger partial charge in [0.25, 0.3) is 0 Å². The first-order valence-electron chi connectivity index (χ1n) is 2.96. The van der Waals surface area contributed by atoms with E-state index in [0.717, 1.165) is 19.2 Å². The van der Waals surface area contributed by atoms with Gasteiger partial charge < -0.3 is 0 Å². The molecular formula is C7H6F3N. The molecule has 0 aliphatic carbocycles. The smallest absolute Gasteiger partial charge is 0.184 e. The normalized spacial score (nSPS) is 9.82. The third kappa shape index (κ3) is 1.45. The maximum Gasteiger partial charge on any atom is 0.184 e. The molecule has 1 aromatic rings. The molecule has 0 atom stereocenters. The lowest BCUT2D eigenvalue weighted by molar-refractivity contribution is 0.446. The third-order valence-electron chi connectivity index (χ3n) is 1.26. The minimum atomic E-state index is -1.17. The van der Waals surface area contributed by atoms with Crippen molar-refractivity contribution in [3.8, 4) is 0 Å². The van der Waals surface area contributed by atoms with Crippen LogP contribution in [0.1, 0.15) is 0 Å². The van der Waals surface area contributed by atoms with Crippen LogP contribution < -0.4 is 5.12 Å². The molecule has 1 aromatic carbocycles. The average Bonchev–Trinajstić information content (AvgIpc) is 1.94. The molecule has 4 heteroatoms. The average molecular weight is 161 g/mol. The second-order valence-corrected chi connectivity index (χ2v) is 2.05. The molecule has 0 radical (unpaired) electrons. The topological polar surface area (TPSA) is 3.24 Å². The zero-order valence-electron chi connectivity index (χ0n) is 5.81. The van der Waals surface area contributed by atoms with E-state index in [1.807, 2.05) is 0 Å². The summed E-state index contributed by atoms with van der Waals surface area (Å²) < 4.78 is 37.3. The van der Waals surface area contributed by atoms with Gasteiger partial charge in [-0.3, -0.25) is 0 Å². The van der Waals surface area contributed by atoms with Crippen molar-refractivity contribution in [1.29, 1.82) is 0 Å². The second kappa shape index (κ2) is 2.82. The third-order valence-corrected chi connectivity index (χ3v) is 1.26. The Morgan fingerprint density at radius 1 is 1.27 bits per heavy atom. The Balaban J connectivity index is 3.17. The van der Waals surface area contributed by atoms with Gasteiger partial charge >= 0.3 is 0 Å². The Morgan fingerprint density at radius 2 is 1.91 bits per heavy atom. The van der Waals surface area contributed by atoms with Crippen LogP contribution in [0.25, 0.3) is 0 Å². The van der Waals surface area contributed by atoms with Gasteiger partial charge in [-0.1, -0.05) is 6.07 Å². The molecule has 0 heterocycles. The number of anilines is 1. The van der Waals surface area contributed by atoms with E-state index in [2.05, 4.69) is 0 Å². The summed E-state index contributed by atoms with van der Waals surface area (Å²) in [7, 11) is 0.998. The number of rotatable bonds is 1. The monoisotopic (exact) mass is 161 g/mol. The maximum atomic E-state index is 12.6. The number of hydrogen-bond acceptors (Lipinski definition) is 1. The SMILES string of the molecule is CN(F)c1cccc(F)c1F. The molecule has 60 valence electrons. The molecule has 0 aliphatic rings. The van der Waals surface area contributed by atoms with E-state index >= 15 is 0 Å². The molecule has 0 aliphatic heterocycles. The lowest BCUT2D eigenvalue weighted by atomic mass is 10.3. The van der Waals surface area contributed by atoms with Crippen LogP contribution in [-0.2, 0) is 0 Å². The highest BCUT2D eigenvalue weighted by atomic mass is 19.2. The van der Waals surface area contributed by atoms with Gasteiger partial charge in [0.2, 0.25) is 0 Å². The molecular weight excluding hydrogens is 155 g/mol. The van der Waals surface area contributed by atoms with E-state index < -0.39 is 17.3 Å². The van der Waals surface area contributed by atoms with Crippen molar-refractivity contribution >= 4 is 5.69 Å². The quantitative estimate of drug-likeness (QED) is 0.571. The van der Waals surface area contributed by atoms with Gasteiger partial charge in [0, 0.05) is 7.05 Å². The van der Waals surface area contributed by atoms with Crippen molar-refractivity contribution in [3.05, 3.63) is 29.8 Å². The molecule has 0 fully saturated rings. The van der Waals surface area contributed by atoms with E-state index in [0.29, 0.717) is 0 Å². The first-order chi connectivity index (χ1) is 5.13. The first kappa shape index (κ1) is 7.91. The molecule has 11 heavy (non-hydrogen) atoms. The molecule has 0 unspecified atom stereocenters. The van der Waals surface area contributed by atoms with E-state index in [1.54, 1.807) is 0 Å². The van der Waals surface area contributed by atoms with E-state index in [1.165, 1.54) is 6.07 Å². The van der Waals surface area contributed by atoms with Crippen molar-refractivity contribution in [1.82, 2.24) is 0 Å². The fourth-order valence-corrected chi connectivity index (χ4v) is 0.730. The minimum Gasteiger partial charge on any atom is -0.212 e. The number of benzene rings is 1. The van der Waals surface area contributed by atoms with Crippen LogP contribution in [0.15, 0.2) is 18.2 Å². The van der Waals surface area contributed by atoms with Gasteiger partial charge in [-0.2, -0.15) is 0 Å². The van der Waals surface area contributed by atoms with Crippen LogP contribution in [0.4, 0.5) is 18.9 Å². The number of halogens is 3. The number of nitrogens with zero attached hydrogens (tertiary/aromatic N) is 1. The van der Waals surface area contributed by atoms with Crippen molar-refractivity contribution in [3.63, 3.8) is 0 Å². The van der Waals surface area contributed by atoms with Crippen LogP contribution in [-0.4, -0.2) is 7.05 Å². The lowest BCUT2D eigenvalue weighted by Gasteiger charge is -2.07. The molecule has 1 nitrogen and oxygen atoms in total. The lowest BCUT2D eigenvalue weighted by Crippen LogP contribution is -2.05. The molecule has 0 bridgehead atoms. The van der Waals surface area contributed by atoms with Crippen molar-refractivity contribution in [2.75, 3.05) is 12.2 Å². The summed E-state index contributed by atoms with van der Waals surface area (Å²) >= 11 is 0. The Labute approximate surface area is 62.0 Å². The van der Waals surface area contributed by atoms with Crippen LogP contribution in [0, 0.1) is 11.6 Å². The molecule has 0 aromatic heterocycles. The molecule has 0 spiro atoms. The highest BCUT2D eigenvalue weighted by Gasteiger charge is 2.09. The Hall–Kier alpha value is -1.19. The second-order valence-electron chi connectivity index (χ2n) is 2.05. The Morgan fingerprint density at radius 3 is 2.36 bits per heavy atom. The molecule has 0 amide bonds. The van der Waals surface area contributed by atoms with Gasteiger partial charge in [0.15, 0.2) is 11.6 Å². The summed E-state index contributed by atoms with van der Waals surface area (Å²) in [6, 6.07) is 3.32. The predicted molar refractivity (Wildman–Crippen MR) is 35.9 cm³/mol. The summed E-state index contributed by atoms with van der Waals surface area (Å²) in [4.78, 5) is 0.